The van der Waals surface area contributed by atoms with Crippen molar-refractivity contribution < 1.29 is 14.3 Å². The lowest BCUT2D eigenvalue weighted by atomic mass is 10.1. The van der Waals surface area contributed by atoms with E-state index in [-0.39, 0.29) is 12.4 Å². The summed E-state index contributed by atoms with van der Waals surface area (Å²) in [5.74, 6) is -1.21. The molecule has 6 heteroatoms. The maximum atomic E-state index is 13.4. The summed E-state index contributed by atoms with van der Waals surface area (Å²) in [7, 11) is 0. The summed E-state index contributed by atoms with van der Waals surface area (Å²) in [6, 6.07) is 12.2. The molecule has 0 aliphatic heterocycles. The highest BCUT2D eigenvalue weighted by molar-refractivity contribution is 7.21. The van der Waals surface area contributed by atoms with Crippen LogP contribution in [0.1, 0.15) is 5.69 Å². The molecule has 2 aromatic carbocycles. The Kier molecular flexibility index (Phi) is 3.35. The number of aromatic nitrogens is 2. The summed E-state index contributed by atoms with van der Waals surface area (Å²) in [5, 5.41) is 10.9. The van der Waals surface area contributed by atoms with Crippen molar-refractivity contribution in [2.45, 2.75) is 13.5 Å². The van der Waals surface area contributed by atoms with Crippen LogP contribution < -0.4 is 0 Å². The van der Waals surface area contributed by atoms with Crippen molar-refractivity contribution >= 4 is 38.4 Å². The number of nitrogens with zero attached hydrogens (tertiary/aromatic N) is 2. The van der Waals surface area contributed by atoms with Crippen molar-refractivity contribution in [1.29, 1.82) is 0 Å². The quantitative estimate of drug-likeness (QED) is 0.599. The van der Waals surface area contributed by atoms with Crippen LogP contribution in [-0.2, 0) is 11.3 Å². The predicted molar refractivity (Wildman–Crippen MR) is 92.9 cm³/mol. The molecule has 0 amide bonds. The number of carboxylic acid groups (broad SMARTS) is 1. The zero-order chi connectivity index (χ0) is 16.8. The summed E-state index contributed by atoms with van der Waals surface area (Å²) in [6.45, 7) is 1.79. The summed E-state index contributed by atoms with van der Waals surface area (Å²) < 4.78 is 16.1. The normalized spacial score (nSPS) is 11.4. The van der Waals surface area contributed by atoms with Crippen LogP contribution in [-0.4, -0.2) is 20.6 Å². The van der Waals surface area contributed by atoms with Gasteiger partial charge in [-0.2, -0.15) is 0 Å². The molecule has 0 saturated heterocycles. The fraction of sp³-hybridized carbons (Fsp3) is 0.111. The van der Waals surface area contributed by atoms with E-state index in [0.29, 0.717) is 5.52 Å². The van der Waals surface area contributed by atoms with Crippen molar-refractivity contribution in [1.82, 2.24) is 9.55 Å². The van der Waals surface area contributed by atoms with Gasteiger partial charge in [-0.05, 0) is 25.1 Å². The Labute approximate surface area is 140 Å². The van der Waals surface area contributed by atoms with Gasteiger partial charge >= 0.3 is 5.97 Å². The molecular formula is C18H13FN2O2S. The fourth-order valence-electron chi connectivity index (χ4n) is 3.05. The Bertz CT molecular complexity index is 1100. The average molecular weight is 340 g/mol. The zero-order valence-corrected chi connectivity index (χ0v) is 13.6. The topological polar surface area (TPSA) is 55.1 Å². The van der Waals surface area contributed by atoms with Gasteiger partial charge in [-0.15, -0.1) is 11.3 Å². The second kappa shape index (κ2) is 5.42. The number of hydrogen-bond donors (Lipinski definition) is 1. The molecule has 4 aromatic rings. The van der Waals surface area contributed by atoms with E-state index in [2.05, 4.69) is 4.98 Å². The van der Waals surface area contributed by atoms with Gasteiger partial charge in [0.25, 0.3) is 0 Å². The van der Waals surface area contributed by atoms with Crippen LogP contribution in [0.4, 0.5) is 4.39 Å². The molecule has 0 aliphatic rings. The van der Waals surface area contributed by atoms with Crippen molar-refractivity contribution in [3.63, 3.8) is 0 Å². The highest BCUT2D eigenvalue weighted by Crippen LogP contribution is 2.38. The van der Waals surface area contributed by atoms with Crippen LogP contribution in [0.2, 0.25) is 0 Å². The van der Waals surface area contributed by atoms with Crippen molar-refractivity contribution in [2.75, 3.05) is 0 Å². The Balaban J connectivity index is 2.01. The largest absolute Gasteiger partial charge is 0.480 e. The highest BCUT2D eigenvalue weighted by atomic mass is 32.1. The molecule has 0 saturated carbocycles. The zero-order valence-electron chi connectivity index (χ0n) is 12.8. The van der Waals surface area contributed by atoms with Gasteiger partial charge in [0.15, 0.2) is 0 Å². The molecule has 0 fully saturated rings. The lowest BCUT2D eigenvalue weighted by molar-refractivity contribution is -0.137. The van der Waals surface area contributed by atoms with Gasteiger partial charge in [0.05, 0.1) is 10.2 Å². The van der Waals surface area contributed by atoms with Crippen LogP contribution in [0.5, 0.6) is 0 Å². The van der Waals surface area contributed by atoms with Gasteiger partial charge in [0.1, 0.15) is 17.4 Å². The maximum absolute atomic E-state index is 13.4. The number of halogens is 1. The van der Waals surface area contributed by atoms with E-state index in [9.17, 15) is 14.3 Å². The average Bonchev–Trinajstić information content (AvgIpc) is 3.06. The first kappa shape index (κ1) is 14.8. The Morgan fingerprint density at radius 2 is 2.08 bits per heavy atom. The molecule has 4 nitrogen and oxygen atoms in total. The fourth-order valence-corrected chi connectivity index (χ4v) is 4.10. The van der Waals surface area contributed by atoms with Crippen LogP contribution in [0.3, 0.4) is 0 Å². The smallest absolute Gasteiger partial charge is 0.323 e. The number of benzene rings is 2. The minimum atomic E-state index is -0.892. The molecule has 0 spiro atoms. The second-order valence-electron chi connectivity index (χ2n) is 5.59. The van der Waals surface area contributed by atoms with Gasteiger partial charge in [0.2, 0.25) is 0 Å². The predicted octanol–water partition coefficient (Wildman–Crippen LogP) is 4.45. The maximum Gasteiger partial charge on any atom is 0.323 e. The molecular weight excluding hydrogens is 327 g/mol. The summed E-state index contributed by atoms with van der Waals surface area (Å²) in [5.41, 5.74) is 3.23. The van der Waals surface area contributed by atoms with E-state index in [1.54, 1.807) is 10.6 Å². The van der Waals surface area contributed by atoms with E-state index in [0.717, 1.165) is 31.9 Å². The third kappa shape index (κ3) is 2.27. The minimum absolute atomic E-state index is 0.105. The molecule has 2 heterocycles. The van der Waals surface area contributed by atoms with Crippen molar-refractivity contribution in [3.05, 3.63) is 54.0 Å². The number of aliphatic carboxylic acids is 1. The second-order valence-corrected chi connectivity index (χ2v) is 6.62. The highest BCUT2D eigenvalue weighted by Gasteiger charge is 2.19. The first-order valence-electron chi connectivity index (χ1n) is 7.40. The summed E-state index contributed by atoms with van der Waals surface area (Å²) in [6.07, 6.45) is 0. The van der Waals surface area contributed by atoms with Gasteiger partial charge in [-0.1, -0.05) is 18.2 Å². The molecule has 0 bridgehead atoms. The van der Waals surface area contributed by atoms with Gasteiger partial charge in [-0.25, -0.2) is 9.37 Å². The van der Waals surface area contributed by atoms with Crippen LogP contribution in [0.15, 0.2) is 42.5 Å². The van der Waals surface area contributed by atoms with Crippen molar-refractivity contribution in [2.24, 2.45) is 0 Å². The van der Waals surface area contributed by atoms with Crippen LogP contribution in [0.25, 0.3) is 31.7 Å². The third-order valence-electron chi connectivity index (χ3n) is 4.09. The van der Waals surface area contributed by atoms with Gasteiger partial charge in [-0.3, -0.25) is 4.79 Å². The first-order valence-corrected chi connectivity index (χ1v) is 8.22. The standard InChI is InChI=1S/C18H13FN2O2S/c1-10-17(18-20-13-8-11(19)6-7-15(13)24-18)12-4-2-3-5-14(12)21(10)9-16(22)23/h2-8H,9H2,1H3,(H,22,23). The minimum Gasteiger partial charge on any atom is -0.480 e. The van der Waals surface area contributed by atoms with E-state index >= 15 is 0 Å². The number of fused-ring (bicyclic) bond motifs is 2. The molecule has 2 aromatic heterocycles. The van der Waals surface area contributed by atoms with Crippen LogP contribution >= 0.6 is 11.3 Å². The molecule has 1 N–H and O–H groups in total. The lowest BCUT2D eigenvalue weighted by Gasteiger charge is -2.04. The molecule has 4 rings (SSSR count). The Morgan fingerprint density at radius 1 is 1.29 bits per heavy atom. The number of rotatable bonds is 3. The number of para-hydroxylation sites is 1. The van der Waals surface area contributed by atoms with E-state index < -0.39 is 5.97 Å². The molecule has 0 unspecified atom stereocenters. The van der Waals surface area contributed by atoms with E-state index in [1.807, 2.05) is 31.2 Å². The Morgan fingerprint density at radius 3 is 2.88 bits per heavy atom. The SMILES string of the molecule is Cc1c(-c2nc3cc(F)ccc3s2)c2ccccc2n1CC(=O)O. The van der Waals surface area contributed by atoms with E-state index in [4.69, 9.17) is 0 Å². The number of hydrogen-bond acceptors (Lipinski definition) is 3. The number of carbonyl (C=O) groups is 1. The van der Waals surface area contributed by atoms with Crippen LogP contribution in [0, 0.1) is 12.7 Å². The van der Waals surface area contributed by atoms with E-state index in [1.165, 1.54) is 23.5 Å². The molecule has 120 valence electrons. The number of thiazole rings is 1. The molecule has 0 atom stereocenters. The first-order chi connectivity index (χ1) is 11.5. The number of carboxylic acids is 1. The lowest BCUT2D eigenvalue weighted by Crippen LogP contribution is -2.09. The van der Waals surface area contributed by atoms with Crippen molar-refractivity contribution in [3.8, 4) is 10.6 Å². The van der Waals surface area contributed by atoms with Gasteiger partial charge in [0, 0.05) is 28.2 Å². The Hall–Kier alpha value is -2.73. The molecule has 0 radical (unpaired) electrons. The monoisotopic (exact) mass is 340 g/mol. The summed E-state index contributed by atoms with van der Waals surface area (Å²) in [4.78, 5) is 15.8. The summed E-state index contributed by atoms with van der Waals surface area (Å²) >= 11 is 1.48. The third-order valence-corrected chi connectivity index (χ3v) is 5.14. The molecule has 0 aliphatic carbocycles. The molecule has 24 heavy (non-hydrogen) atoms. The van der Waals surface area contributed by atoms with Gasteiger partial charge < -0.3 is 9.67 Å².